The Morgan fingerprint density at radius 3 is 1.68 bits per heavy atom. The molecule has 0 unspecified atom stereocenters. The van der Waals surface area contributed by atoms with Crippen LogP contribution in [0, 0.1) is 0 Å². The van der Waals surface area contributed by atoms with Crippen molar-refractivity contribution < 1.29 is 13.9 Å². The van der Waals surface area contributed by atoms with Gasteiger partial charge >= 0.3 is 112 Å². The van der Waals surface area contributed by atoms with E-state index in [2.05, 4.69) is 0 Å². The molecular formula is C15H17O3P. The molecule has 0 saturated carbocycles. The molecule has 2 aromatic rings. The van der Waals surface area contributed by atoms with Crippen LogP contribution in [0.25, 0.3) is 0 Å². The molecule has 4 heteroatoms. The molecule has 19 heavy (non-hydrogen) atoms. The van der Waals surface area contributed by atoms with Crippen LogP contribution < -0.4 is 10.6 Å². The van der Waals surface area contributed by atoms with Crippen molar-refractivity contribution in [3.8, 4) is 0 Å². The SMILES string of the molecule is CCC1OP(O)(c2ccccc2)(c2ccccc2)O1. The van der Waals surface area contributed by atoms with E-state index in [1.807, 2.05) is 67.6 Å². The molecule has 0 aliphatic carbocycles. The third-order valence-electron chi connectivity index (χ3n) is 3.38. The zero-order valence-corrected chi connectivity index (χ0v) is 11.7. The topological polar surface area (TPSA) is 38.7 Å². The quantitative estimate of drug-likeness (QED) is 0.876. The second-order valence-electron chi connectivity index (χ2n) is 4.63. The fraction of sp³-hybridized carbons (Fsp3) is 0.200. The van der Waals surface area contributed by atoms with E-state index in [9.17, 15) is 4.89 Å². The minimum absolute atomic E-state index is 0.330. The first kappa shape index (κ1) is 12.8. The van der Waals surface area contributed by atoms with Crippen LogP contribution in [0.5, 0.6) is 0 Å². The average molecular weight is 276 g/mol. The zero-order valence-electron chi connectivity index (χ0n) is 10.8. The number of hydrogen-bond donors (Lipinski definition) is 1. The summed E-state index contributed by atoms with van der Waals surface area (Å²) < 4.78 is 11.8. The summed E-state index contributed by atoms with van der Waals surface area (Å²) in [6, 6.07) is 18.8. The van der Waals surface area contributed by atoms with Crippen LogP contribution in [0.1, 0.15) is 13.3 Å². The Morgan fingerprint density at radius 2 is 1.32 bits per heavy atom. The number of benzene rings is 2. The Hall–Kier alpha value is -1.25. The molecule has 0 amide bonds. The Bertz CT molecular complexity index is 521. The summed E-state index contributed by atoms with van der Waals surface area (Å²) in [4.78, 5) is 11.3. The molecule has 1 aliphatic heterocycles. The van der Waals surface area contributed by atoms with Gasteiger partial charge in [0.2, 0.25) is 0 Å². The minimum atomic E-state index is -3.87. The van der Waals surface area contributed by atoms with E-state index in [0.717, 1.165) is 6.42 Å². The normalized spacial score (nSPS) is 25.8. The van der Waals surface area contributed by atoms with Crippen LogP contribution in [-0.4, -0.2) is 11.2 Å². The second-order valence-corrected chi connectivity index (χ2v) is 7.92. The van der Waals surface area contributed by atoms with Crippen molar-refractivity contribution in [3.63, 3.8) is 0 Å². The van der Waals surface area contributed by atoms with Crippen molar-refractivity contribution >= 4 is 17.9 Å². The van der Waals surface area contributed by atoms with Gasteiger partial charge in [-0.15, -0.1) is 0 Å². The van der Waals surface area contributed by atoms with E-state index in [1.165, 1.54) is 0 Å². The predicted octanol–water partition coefficient (Wildman–Crippen LogP) is 2.71. The van der Waals surface area contributed by atoms with Crippen molar-refractivity contribution in [2.45, 2.75) is 19.6 Å². The Balaban J connectivity index is 2.14. The van der Waals surface area contributed by atoms with E-state index < -0.39 is 7.28 Å². The van der Waals surface area contributed by atoms with Gasteiger partial charge in [0.25, 0.3) is 0 Å². The Labute approximate surface area is 113 Å². The van der Waals surface area contributed by atoms with Gasteiger partial charge in [-0.2, -0.15) is 0 Å². The average Bonchev–Trinajstić information content (AvgIpc) is 2.46. The molecular weight excluding hydrogens is 259 g/mol. The third-order valence-corrected chi connectivity index (χ3v) is 7.05. The summed E-state index contributed by atoms with van der Waals surface area (Å²) in [5.41, 5.74) is 0. The molecule has 3 nitrogen and oxygen atoms in total. The number of rotatable bonds is 3. The molecule has 100 valence electrons. The van der Waals surface area contributed by atoms with E-state index >= 15 is 0 Å². The van der Waals surface area contributed by atoms with Crippen LogP contribution in [0.2, 0.25) is 0 Å². The van der Waals surface area contributed by atoms with E-state index in [-0.39, 0.29) is 6.29 Å². The molecule has 1 saturated heterocycles. The summed E-state index contributed by atoms with van der Waals surface area (Å²) in [5, 5.41) is 1.42. The van der Waals surface area contributed by atoms with E-state index in [4.69, 9.17) is 9.05 Å². The summed E-state index contributed by atoms with van der Waals surface area (Å²) in [6.07, 6.45) is 0.390. The Kier molecular flexibility index (Phi) is 2.95. The van der Waals surface area contributed by atoms with E-state index in [1.54, 1.807) is 0 Å². The molecule has 0 bridgehead atoms. The first-order chi connectivity index (χ1) is 9.16. The van der Waals surface area contributed by atoms with Crippen molar-refractivity contribution in [2.75, 3.05) is 0 Å². The van der Waals surface area contributed by atoms with Crippen LogP contribution in [0.15, 0.2) is 60.7 Å². The maximum atomic E-state index is 11.3. The van der Waals surface area contributed by atoms with Crippen LogP contribution in [-0.2, 0) is 9.05 Å². The van der Waals surface area contributed by atoms with Gasteiger partial charge in [-0.3, -0.25) is 0 Å². The van der Waals surface area contributed by atoms with Gasteiger partial charge in [-0.1, -0.05) is 0 Å². The van der Waals surface area contributed by atoms with Gasteiger partial charge in [-0.05, 0) is 0 Å². The van der Waals surface area contributed by atoms with Gasteiger partial charge in [0, 0.05) is 0 Å². The molecule has 0 aromatic heterocycles. The summed E-state index contributed by atoms with van der Waals surface area (Å²) >= 11 is 0. The first-order valence-electron chi connectivity index (χ1n) is 6.42. The Morgan fingerprint density at radius 1 is 0.895 bits per heavy atom. The van der Waals surface area contributed by atoms with Gasteiger partial charge in [0.1, 0.15) is 0 Å². The molecule has 0 atom stereocenters. The predicted molar refractivity (Wildman–Crippen MR) is 77.5 cm³/mol. The van der Waals surface area contributed by atoms with Gasteiger partial charge in [0.05, 0.1) is 0 Å². The van der Waals surface area contributed by atoms with Crippen LogP contribution in [0.4, 0.5) is 0 Å². The van der Waals surface area contributed by atoms with Gasteiger partial charge < -0.3 is 0 Å². The summed E-state index contributed by atoms with van der Waals surface area (Å²) in [5.74, 6) is 0. The molecule has 0 spiro atoms. The van der Waals surface area contributed by atoms with Crippen molar-refractivity contribution in [1.82, 2.24) is 0 Å². The monoisotopic (exact) mass is 276 g/mol. The first-order valence-corrected chi connectivity index (χ1v) is 8.45. The summed E-state index contributed by atoms with van der Waals surface area (Å²) in [7, 11) is -3.87. The second kappa shape index (κ2) is 4.39. The van der Waals surface area contributed by atoms with Crippen LogP contribution in [0.3, 0.4) is 0 Å². The molecule has 1 N–H and O–H groups in total. The number of hydrogen-bond acceptors (Lipinski definition) is 3. The zero-order chi connectivity index (χ0) is 13.4. The maximum absolute atomic E-state index is 11.3. The van der Waals surface area contributed by atoms with Crippen molar-refractivity contribution in [1.29, 1.82) is 0 Å². The van der Waals surface area contributed by atoms with Crippen LogP contribution >= 0.6 is 7.28 Å². The standard InChI is InChI=1S/C15H17O3P/c1-2-15-17-19(16,18-15,13-9-5-3-6-10-13)14-11-7-4-8-12-14/h3-12,15-16H,2H2,1H3. The molecule has 0 radical (unpaired) electrons. The molecule has 1 fully saturated rings. The van der Waals surface area contributed by atoms with E-state index in [0.29, 0.717) is 10.6 Å². The summed E-state index contributed by atoms with van der Waals surface area (Å²) in [6.45, 7) is 1.97. The molecule has 3 rings (SSSR count). The molecule has 2 aromatic carbocycles. The fourth-order valence-electron chi connectivity index (χ4n) is 2.37. The van der Waals surface area contributed by atoms with Gasteiger partial charge in [0.15, 0.2) is 0 Å². The fourth-order valence-corrected chi connectivity index (χ4v) is 5.74. The van der Waals surface area contributed by atoms with Crippen molar-refractivity contribution in [3.05, 3.63) is 60.7 Å². The molecule has 1 heterocycles. The molecule has 1 aliphatic rings. The van der Waals surface area contributed by atoms with Gasteiger partial charge in [-0.25, -0.2) is 0 Å². The third kappa shape index (κ3) is 1.82. The van der Waals surface area contributed by atoms with Crippen molar-refractivity contribution in [2.24, 2.45) is 0 Å².